The number of hydrogen-bond donors (Lipinski definition) is 1. The number of amides is 1. The first kappa shape index (κ1) is 18.4. The standard InChI is InChI=1S/C14H15F2N9O2/c1-14(15,16)10-4-3-9(11(19-10)25-8-17-7-18-25)12(26)20-13-21-22-23-24(13)5-6-27-2/h3-4,7-8H,5-6H2,1-2H3,(H,20,21,23,26). The van der Waals surface area contributed by atoms with Gasteiger partial charge in [0.1, 0.15) is 18.3 Å². The van der Waals surface area contributed by atoms with E-state index in [-0.39, 0.29) is 17.3 Å². The fourth-order valence-corrected chi connectivity index (χ4v) is 2.15. The Balaban J connectivity index is 1.94. The second kappa shape index (κ2) is 7.49. The van der Waals surface area contributed by atoms with E-state index in [9.17, 15) is 13.6 Å². The van der Waals surface area contributed by atoms with Crippen molar-refractivity contribution in [2.45, 2.75) is 19.4 Å². The summed E-state index contributed by atoms with van der Waals surface area (Å²) in [5, 5.41) is 17.3. The molecule has 142 valence electrons. The molecule has 0 aromatic carbocycles. The minimum Gasteiger partial charge on any atom is -0.383 e. The third-order valence-corrected chi connectivity index (χ3v) is 3.47. The molecule has 0 unspecified atom stereocenters. The number of anilines is 1. The van der Waals surface area contributed by atoms with Gasteiger partial charge in [-0.25, -0.2) is 19.3 Å². The molecule has 0 aliphatic carbocycles. The molecular formula is C14H15F2N9O2. The summed E-state index contributed by atoms with van der Waals surface area (Å²) in [4.78, 5) is 20.3. The van der Waals surface area contributed by atoms with Crippen molar-refractivity contribution >= 4 is 11.9 Å². The normalized spacial score (nSPS) is 11.6. The summed E-state index contributed by atoms with van der Waals surface area (Å²) in [5.74, 6) is -3.85. The van der Waals surface area contributed by atoms with E-state index in [0.717, 1.165) is 10.7 Å². The molecule has 0 saturated carbocycles. The fraction of sp³-hybridized carbons (Fsp3) is 0.357. The summed E-state index contributed by atoms with van der Waals surface area (Å²) < 4.78 is 34.7. The van der Waals surface area contributed by atoms with Gasteiger partial charge in [-0.1, -0.05) is 5.10 Å². The van der Waals surface area contributed by atoms with Gasteiger partial charge in [-0.15, -0.1) is 0 Å². The van der Waals surface area contributed by atoms with Crippen molar-refractivity contribution in [2.24, 2.45) is 0 Å². The zero-order valence-corrected chi connectivity index (χ0v) is 14.4. The van der Waals surface area contributed by atoms with E-state index in [1.54, 1.807) is 0 Å². The molecule has 13 heteroatoms. The van der Waals surface area contributed by atoms with Gasteiger partial charge < -0.3 is 4.74 Å². The first-order chi connectivity index (χ1) is 12.9. The van der Waals surface area contributed by atoms with Gasteiger partial charge in [0.15, 0.2) is 5.82 Å². The van der Waals surface area contributed by atoms with E-state index >= 15 is 0 Å². The van der Waals surface area contributed by atoms with Crippen molar-refractivity contribution in [2.75, 3.05) is 19.0 Å². The smallest absolute Gasteiger partial charge is 0.287 e. The van der Waals surface area contributed by atoms with Crippen LogP contribution in [0.5, 0.6) is 0 Å². The molecule has 0 aliphatic heterocycles. The second-order valence-corrected chi connectivity index (χ2v) is 5.47. The molecule has 0 spiro atoms. The topological polar surface area (TPSA) is 126 Å². The zero-order valence-electron chi connectivity index (χ0n) is 14.4. The van der Waals surface area contributed by atoms with Crippen LogP contribution in [-0.2, 0) is 17.2 Å². The quantitative estimate of drug-likeness (QED) is 0.634. The molecule has 3 rings (SSSR count). The fourth-order valence-electron chi connectivity index (χ4n) is 2.15. The highest BCUT2D eigenvalue weighted by Gasteiger charge is 2.29. The van der Waals surface area contributed by atoms with Crippen LogP contribution < -0.4 is 5.32 Å². The van der Waals surface area contributed by atoms with Crippen LogP contribution in [0.25, 0.3) is 5.82 Å². The number of nitrogens with one attached hydrogen (secondary N) is 1. The summed E-state index contributed by atoms with van der Waals surface area (Å²) in [7, 11) is 1.52. The molecule has 1 amide bonds. The largest absolute Gasteiger partial charge is 0.383 e. The van der Waals surface area contributed by atoms with Crippen molar-refractivity contribution in [1.82, 2.24) is 40.0 Å². The number of alkyl halides is 2. The summed E-state index contributed by atoms with van der Waals surface area (Å²) in [5.41, 5.74) is -0.510. The van der Waals surface area contributed by atoms with Crippen LogP contribution in [-0.4, -0.2) is 59.6 Å². The van der Waals surface area contributed by atoms with E-state index in [0.29, 0.717) is 20.1 Å². The Labute approximate surface area is 151 Å². The van der Waals surface area contributed by atoms with E-state index in [2.05, 4.69) is 35.9 Å². The Kier molecular flexibility index (Phi) is 5.12. The summed E-state index contributed by atoms with van der Waals surface area (Å²) in [6, 6.07) is 2.30. The van der Waals surface area contributed by atoms with Crippen LogP contribution in [0.1, 0.15) is 23.0 Å². The predicted molar refractivity (Wildman–Crippen MR) is 86.4 cm³/mol. The lowest BCUT2D eigenvalue weighted by Gasteiger charge is -2.14. The third kappa shape index (κ3) is 4.08. The molecule has 0 fully saturated rings. The molecule has 0 aliphatic rings. The van der Waals surface area contributed by atoms with Crippen LogP contribution in [0, 0.1) is 0 Å². The van der Waals surface area contributed by atoms with Gasteiger partial charge in [-0.3, -0.25) is 10.1 Å². The SMILES string of the molecule is COCCn1nnnc1NC(=O)c1ccc(C(C)(F)F)nc1-n1cncn1. The number of hydrogen-bond acceptors (Lipinski definition) is 8. The van der Waals surface area contributed by atoms with Gasteiger partial charge in [-0.2, -0.15) is 13.9 Å². The highest BCUT2D eigenvalue weighted by atomic mass is 19.3. The van der Waals surface area contributed by atoms with Gasteiger partial charge in [0.05, 0.1) is 18.7 Å². The van der Waals surface area contributed by atoms with Gasteiger partial charge in [0.25, 0.3) is 11.8 Å². The lowest BCUT2D eigenvalue weighted by Crippen LogP contribution is -2.21. The number of nitrogens with zero attached hydrogens (tertiary/aromatic N) is 8. The van der Waals surface area contributed by atoms with Gasteiger partial charge >= 0.3 is 0 Å². The summed E-state index contributed by atoms with van der Waals surface area (Å²) in [6.45, 7) is 1.36. The Morgan fingerprint density at radius 3 is 2.85 bits per heavy atom. The lowest BCUT2D eigenvalue weighted by atomic mass is 10.1. The predicted octanol–water partition coefficient (Wildman–Crippen LogP) is 0.659. The van der Waals surface area contributed by atoms with Crippen LogP contribution in [0.15, 0.2) is 24.8 Å². The maximum absolute atomic E-state index is 13.6. The molecule has 3 aromatic heterocycles. The lowest BCUT2D eigenvalue weighted by molar-refractivity contribution is 0.0127. The highest BCUT2D eigenvalue weighted by molar-refractivity contribution is 6.05. The first-order valence-electron chi connectivity index (χ1n) is 7.71. The van der Waals surface area contributed by atoms with Gasteiger partial charge in [-0.05, 0) is 22.6 Å². The molecule has 0 saturated heterocycles. The molecule has 3 aromatic rings. The van der Waals surface area contributed by atoms with Crippen LogP contribution in [0.4, 0.5) is 14.7 Å². The monoisotopic (exact) mass is 379 g/mol. The Morgan fingerprint density at radius 2 is 2.19 bits per heavy atom. The minimum atomic E-state index is -3.19. The van der Waals surface area contributed by atoms with E-state index in [1.165, 1.54) is 30.5 Å². The van der Waals surface area contributed by atoms with Crippen molar-refractivity contribution in [3.05, 3.63) is 36.0 Å². The van der Waals surface area contributed by atoms with Gasteiger partial charge in [0.2, 0.25) is 5.95 Å². The molecular weight excluding hydrogens is 364 g/mol. The number of carbonyl (C=O) groups is 1. The summed E-state index contributed by atoms with van der Waals surface area (Å²) >= 11 is 0. The summed E-state index contributed by atoms with van der Waals surface area (Å²) in [6.07, 6.45) is 2.45. The molecule has 3 heterocycles. The third-order valence-electron chi connectivity index (χ3n) is 3.47. The number of pyridine rings is 1. The minimum absolute atomic E-state index is 0.00482. The molecule has 0 bridgehead atoms. The highest BCUT2D eigenvalue weighted by Crippen LogP contribution is 2.27. The van der Waals surface area contributed by atoms with Crippen molar-refractivity contribution in [3.63, 3.8) is 0 Å². The van der Waals surface area contributed by atoms with Crippen LogP contribution in [0.2, 0.25) is 0 Å². The number of methoxy groups -OCH3 is 1. The molecule has 0 atom stereocenters. The number of ether oxygens (including phenoxy) is 1. The average Bonchev–Trinajstić information content (AvgIpc) is 3.30. The van der Waals surface area contributed by atoms with Crippen molar-refractivity contribution in [1.29, 1.82) is 0 Å². The second-order valence-electron chi connectivity index (χ2n) is 5.47. The first-order valence-corrected chi connectivity index (χ1v) is 7.71. The van der Waals surface area contributed by atoms with E-state index in [4.69, 9.17) is 4.74 Å². The molecule has 27 heavy (non-hydrogen) atoms. The van der Waals surface area contributed by atoms with Crippen LogP contribution >= 0.6 is 0 Å². The van der Waals surface area contributed by atoms with Crippen molar-refractivity contribution < 1.29 is 18.3 Å². The van der Waals surface area contributed by atoms with Gasteiger partial charge in [0, 0.05) is 14.0 Å². The number of tetrazole rings is 1. The zero-order chi connectivity index (χ0) is 19.4. The Morgan fingerprint density at radius 1 is 1.37 bits per heavy atom. The van der Waals surface area contributed by atoms with Crippen molar-refractivity contribution in [3.8, 4) is 5.82 Å². The molecule has 1 N–H and O–H groups in total. The maximum atomic E-state index is 13.6. The van der Waals surface area contributed by atoms with E-state index in [1.807, 2.05) is 0 Å². The Hall–Kier alpha value is -3.35. The van der Waals surface area contributed by atoms with E-state index < -0.39 is 17.5 Å². The molecule has 0 radical (unpaired) electrons. The maximum Gasteiger partial charge on any atom is 0.287 e. The number of aromatic nitrogens is 8. The number of halogens is 2. The van der Waals surface area contributed by atoms with Crippen LogP contribution in [0.3, 0.4) is 0 Å². The number of carbonyl (C=O) groups excluding carboxylic acids is 1. The Bertz CT molecular complexity index is 921. The molecule has 11 nitrogen and oxygen atoms in total. The number of rotatable bonds is 7. The average molecular weight is 379 g/mol.